The lowest BCUT2D eigenvalue weighted by Gasteiger charge is -2.24. The van der Waals surface area contributed by atoms with Crippen LogP contribution in [0.3, 0.4) is 0 Å². The molecule has 0 rings (SSSR count). The monoisotopic (exact) mass is 434 g/mol. The van der Waals surface area contributed by atoms with Gasteiger partial charge in [0.2, 0.25) is 0 Å². The van der Waals surface area contributed by atoms with E-state index in [9.17, 15) is 0 Å². The van der Waals surface area contributed by atoms with Crippen LogP contribution < -0.4 is 0 Å². The molecule has 0 aromatic carbocycles. The first-order valence-electron chi connectivity index (χ1n) is 11.8. The van der Waals surface area contributed by atoms with Crippen LogP contribution in [0, 0.1) is 24.2 Å². The van der Waals surface area contributed by atoms with Crippen molar-refractivity contribution in [2.45, 2.75) is 116 Å². The minimum atomic E-state index is 0.346. The summed E-state index contributed by atoms with van der Waals surface area (Å²) in [5.41, 5.74) is 4.02. The molecule has 0 fully saturated rings. The summed E-state index contributed by atoms with van der Waals surface area (Å²) >= 11 is 0. The predicted molar refractivity (Wildman–Crippen MR) is 156 cm³/mol. The zero-order valence-corrected chi connectivity index (χ0v) is 24.3. The van der Waals surface area contributed by atoms with Gasteiger partial charge in [0.15, 0.2) is 0 Å². The van der Waals surface area contributed by atoms with Crippen molar-refractivity contribution in [3.63, 3.8) is 0 Å². The molecule has 0 radical (unpaired) electrons. The number of rotatable bonds is 7. The fraction of sp³-hybridized carbons (Fsp3) is 0.613. The molecule has 0 N–H and O–H groups in total. The number of hydrogen-bond donors (Lipinski definition) is 0. The third-order valence-electron chi connectivity index (χ3n) is 3.13. The van der Waals surface area contributed by atoms with E-state index in [1.165, 1.54) is 36.0 Å². The molecular weight excluding hydrogens is 372 g/mol. The number of hydrogen-bond acceptors (Lipinski definition) is 0. The van der Waals surface area contributed by atoms with Crippen LogP contribution in [0.2, 0.25) is 0 Å². The van der Waals surface area contributed by atoms with Crippen LogP contribution in [0.15, 0.2) is 61.8 Å². The van der Waals surface area contributed by atoms with E-state index in [2.05, 4.69) is 92.5 Å². The van der Waals surface area contributed by atoms with E-state index < -0.39 is 0 Å². The third-order valence-corrected chi connectivity index (χ3v) is 3.13. The van der Waals surface area contributed by atoms with E-state index in [0.29, 0.717) is 11.3 Å². The minimum Gasteiger partial charge on any atom is -0.124 e. The molecule has 0 nitrogen and oxygen atoms in total. The fourth-order valence-corrected chi connectivity index (χ4v) is 1.87. The molecule has 0 heterocycles. The molecule has 186 valence electrons. The Hall–Kier alpha value is -1.74. The molecule has 1 atom stereocenters. The quantitative estimate of drug-likeness (QED) is 0.276. The van der Waals surface area contributed by atoms with Crippen LogP contribution in [0.4, 0.5) is 0 Å². The maximum atomic E-state index is 4.07. The Morgan fingerprint density at radius 2 is 1.10 bits per heavy atom. The van der Waals surface area contributed by atoms with Crippen molar-refractivity contribution in [3.05, 3.63) is 61.8 Å². The largest absolute Gasteiger partial charge is 0.124 e. The van der Waals surface area contributed by atoms with Gasteiger partial charge < -0.3 is 0 Å². The molecule has 0 saturated carbocycles. The van der Waals surface area contributed by atoms with Crippen molar-refractivity contribution in [1.82, 2.24) is 0 Å². The number of terminal acetylenes is 1. The lowest BCUT2D eigenvalue weighted by atomic mass is 9.82. The highest BCUT2D eigenvalue weighted by Gasteiger charge is 2.16. The van der Waals surface area contributed by atoms with E-state index in [1.807, 2.05) is 55.4 Å². The second-order valence-corrected chi connectivity index (χ2v) is 7.70. The molecule has 0 aromatic heterocycles. The molecule has 0 saturated heterocycles. The summed E-state index contributed by atoms with van der Waals surface area (Å²) < 4.78 is 0. The van der Waals surface area contributed by atoms with Gasteiger partial charge in [0, 0.05) is 0 Å². The average molecular weight is 435 g/mol. The van der Waals surface area contributed by atoms with Crippen molar-refractivity contribution in [1.29, 1.82) is 0 Å². The van der Waals surface area contributed by atoms with Gasteiger partial charge in [0.25, 0.3) is 0 Å². The van der Waals surface area contributed by atoms with Crippen molar-refractivity contribution in [2.24, 2.45) is 11.3 Å². The van der Waals surface area contributed by atoms with Gasteiger partial charge in [-0.1, -0.05) is 90.8 Å². The highest BCUT2D eigenvalue weighted by atomic mass is 14.2. The normalized spacial score (nSPS) is 9.26. The van der Waals surface area contributed by atoms with Crippen molar-refractivity contribution in [3.8, 4) is 12.8 Å². The Morgan fingerprint density at radius 3 is 1.29 bits per heavy atom. The highest BCUT2D eigenvalue weighted by molar-refractivity contribution is 4.99. The summed E-state index contributed by atoms with van der Waals surface area (Å²) in [5, 5.41) is 0. The topological polar surface area (TPSA) is 0 Å². The van der Waals surface area contributed by atoms with Gasteiger partial charge in [-0.25, -0.2) is 0 Å². The zero-order valence-electron chi connectivity index (χ0n) is 24.3. The van der Waals surface area contributed by atoms with Gasteiger partial charge in [0.05, 0.1) is 0 Å². The Kier molecular flexibility index (Phi) is 64.5. The van der Waals surface area contributed by atoms with Gasteiger partial charge >= 0.3 is 0 Å². The van der Waals surface area contributed by atoms with E-state index in [1.54, 1.807) is 0 Å². The van der Waals surface area contributed by atoms with Crippen molar-refractivity contribution in [2.75, 3.05) is 0 Å². The van der Waals surface area contributed by atoms with Gasteiger partial charge in [-0.15, -0.1) is 39.2 Å². The van der Waals surface area contributed by atoms with Crippen LogP contribution >= 0.6 is 0 Å². The molecule has 1 unspecified atom stereocenters. The van der Waals surface area contributed by atoms with Crippen LogP contribution in [-0.4, -0.2) is 0 Å². The minimum absolute atomic E-state index is 0.346. The third kappa shape index (κ3) is 83.7. The molecule has 0 aliphatic carbocycles. The second kappa shape index (κ2) is 42.4. The molecule has 0 heteroatoms. The molecule has 31 heavy (non-hydrogen) atoms. The molecule has 0 amide bonds. The lowest BCUT2D eigenvalue weighted by molar-refractivity contribution is 0.376. The SMILES string of the molecule is C#C.C=C.C=C(C)C.C=C(C)C.C=C(C)C(CC)CCC(C)(C)C=CCC.CC.CC. The Bertz CT molecular complexity index is 381. The molecule has 0 aliphatic rings. The van der Waals surface area contributed by atoms with Gasteiger partial charge in [-0.3, -0.25) is 0 Å². The van der Waals surface area contributed by atoms with E-state index in [-0.39, 0.29) is 0 Å². The van der Waals surface area contributed by atoms with Crippen LogP contribution in [0.1, 0.15) is 116 Å². The Morgan fingerprint density at radius 1 is 0.806 bits per heavy atom. The van der Waals surface area contributed by atoms with Crippen LogP contribution in [-0.2, 0) is 0 Å². The van der Waals surface area contributed by atoms with E-state index in [4.69, 9.17) is 0 Å². The standard InChI is InChI=1S/C15H28.2C4H8.2C2H6.C2H4.C2H2/c1-7-9-11-15(5,6)12-10-14(8-2)13(3)4;2*1-4(2)3;4*1-2/h9,11,14H,3,7-8,10,12H2,1-2,4-6H3;2*1H2,2-3H3;2*1-2H3;1-2H2;1-2H. The van der Waals surface area contributed by atoms with Gasteiger partial charge in [0.1, 0.15) is 0 Å². The average Bonchev–Trinajstić information content (AvgIpc) is 2.72. The van der Waals surface area contributed by atoms with E-state index in [0.717, 1.165) is 6.42 Å². The summed E-state index contributed by atoms with van der Waals surface area (Å²) in [5.74, 6) is 0.708. The predicted octanol–water partition coefficient (Wildman–Crippen LogP) is 11.6. The fourth-order valence-electron chi connectivity index (χ4n) is 1.87. The molecule has 0 spiro atoms. The van der Waals surface area contributed by atoms with Gasteiger partial charge in [-0.2, -0.15) is 0 Å². The Balaban J connectivity index is -0.0000000593. The summed E-state index contributed by atoms with van der Waals surface area (Å²) in [6.07, 6.45) is 17.5. The smallest absolute Gasteiger partial charge is 0.0175 e. The Labute approximate surface area is 201 Å². The van der Waals surface area contributed by atoms with Crippen LogP contribution in [0.25, 0.3) is 0 Å². The first kappa shape index (κ1) is 47.2. The molecule has 0 aliphatic heterocycles. The first-order chi connectivity index (χ1) is 14.4. The zero-order chi connectivity index (χ0) is 27.1. The highest BCUT2D eigenvalue weighted by Crippen LogP contribution is 2.29. The first-order valence-corrected chi connectivity index (χ1v) is 11.8. The van der Waals surface area contributed by atoms with E-state index >= 15 is 0 Å². The van der Waals surface area contributed by atoms with Crippen molar-refractivity contribution < 1.29 is 0 Å². The van der Waals surface area contributed by atoms with Gasteiger partial charge in [-0.05, 0) is 71.6 Å². The van der Waals surface area contributed by atoms with Crippen molar-refractivity contribution >= 4 is 0 Å². The lowest BCUT2D eigenvalue weighted by Crippen LogP contribution is -2.11. The maximum absolute atomic E-state index is 4.07. The summed E-state index contributed by atoms with van der Waals surface area (Å²) in [6.45, 7) is 44.3. The molecule has 0 aromatic rings. The summed E-state index contributed by atoms with van der Waals surface area (Å²) in [6, 6.07) is 0. The second-order valence-electron chi connectivity index (χ2n) is 7.70. The summed E-state index contributed by atoms with van der Waals surface area (Å²) in [7, 11) is 0. The molecule has 0 bridgehead atoms. The molecular formula is C31H62. The summed E-state index contributed by atoms with van der Waals surface area (Å²) in [4.78, 5) is 0. The maximum Gasteiger partial charge on any atom is -0.0175 e. The number of allylic oxidation sites excluding steroid dienone is 5. The van der Waals surface area contributed by atoms with Crippen LogP contribution in [0.5, 0.6) is 0 Å².